The van der Waals surface area contributed by atoms with Gasteiger partial charge in [0, 0.05) is 13.7 Å². The van der Waals surface area contributed by atoms with E-state index >= 15 is 0 Å². The van der Waals surface area contributed by atoms with Crippen LogP contribution < -0.4 is 10.6 Å². The number of unbranched alkanes of at least 4 members (excludes halogenated alkanes) is 1. The van der Waals surface area contributed by atoms with Gasteiger partial charge in [-0.3, -0.25) is 0 Å². The fourth-order valence-electron chi connectivity index (χ4n) is 0.929. The number of ether oxygens (including phenoxy) is 1. The number of carboxylic acid groups (broad SMARTS) is 1. The lowest BCUT2D eigenvalue weighted by Crippen LogP contribution is -2.48. The summed E-state index contributed by atoms with van der Waals surface area (Å²) in [6, 6.07) is -1.48. The van der Waals surface area contributed by atoms with Gasteiger partial charge in [-0.1, -0.05) is 13.3 Å². The molecule has 0 aliphatic carbocycles. The van der Waals surface area contributed by atoms with Crippen LogP contribution in [0, 0.1) is 0 Å². The minimum Gasteiger partial charge on any atom is -0.480 e. The molecule has 1 atom stereocenters. The molecular weight excluding hydrogens is 200 g/mol. The van der Waals surface area contributed by atoms with Gasteiger partial charge >= 0.3 is 12.0 Å². The summed E-state index contributed by atoms with van der Waals surface area (Å²) in [6.07, 6.45) is 1.84. The molecule has 0 bridgehead atoms. The fraction of sp³-hybridized carbons (Fsp3) is 0.778. The van der Waals surface area contributed by atoms with Gasteiger partial charge in [0.1, 0.15) is 0 Å². The van der Waals surface area contributed by atoms with E-state index in [1.807, 2.05) is 6.92 Å². The molecule has 15 heavy (non-hydrogen) atoms. The van der Waals surface area contributed by atoms with Crippen molar-refractivity contribution in [1.29, 1.82) is 0 Å². The molecule has 0 saturated carbocycles. The Morgan fingerprint density at radius 3 is 2.60 bits per heavy atom. The lowest BCUT2D eigenvalue weighted by molar-refractivity contribution is -0.140. The first-order valence-corrected chi connectivity index (χ1v) is 4.88. The van der Waals surface area contributed by atoms with Crippen molar-refractivity contribution in [2.75, 3.05) is 20.3 Å². The lowest BCUT2D eigenvalue weighted by Gasteiger charge is -2.13. The zero-order valence-electron chi connectivity index (χ0n) is 9.08. The molecule has 88 valence electrons. The number of nitrogens with one attached hydrogen (secondary N) is 2. The van der Waals surface area contributed by atoms with Crippen LogP contribution in [0.25, 0.3) is 0 Å². The van der Waals surface area contributed by atoms with E-state index in [9.17, 15) is 9.59 Å². The van der Waals surface area contributed by atoms with Gasteiger partial charge in [0.2, 0.25) is 0 Å². The highest BCUT2D eigenvalue weighted by Gasteiger charge is 2.18. The van der Waals surface area contributed by atoms with Crippen LogP contribution in [0.2, 0.25) is 0 Å². The normalized spacial score (nSPS) is 11.9. The molecule has 0 spiro atoms. The number of carbonyl (C=O) groups is 2. The van der Waals surface area contributed by atoms with Crippen LogP contribution >= 0.6 is 0 Å². The maximum atomic E-state index is 11.2. The van der Waals surface area contributed by atoms with E-state index in [1.54, 1.807) is 0 Å². The van der Waals surface area contributed by atoms with E-state index in [4.69, 9.17) is 5.11 Å². The molecule has 0 radical (unpaired) electrons. The molecule has 0 aromatic carbocycles. The second kappa shape index (κ2) is 8.05. The number of carbonyl (C=O) groups excluding carboxylic acids is 1. The molecule has 0 aromatic heterocycles. The van der Waals surface area contributed by atoms with Crippen molar-refractivity contribution in [2.45, 2.75) is 25.8 Å². The van der Waals surface area contributed by atoms with Gasteiger partial charge in [-0.2, -0.15) is 0 Å². The van der Waals surface area contributed by atoms with Crippen molar-refractivity contribution >= 4 is 12.0 Å². The first kappa shape index (κ1) is 13.7. The molecule has 6 heteroatoms. The fourth-order valence-corrected chi connectivity index (χ4v) is 0.929. The monoisotopic (exact) mass is 218 g/mol. The molecule has 0 heterocycles. The summed E-state index contributed by atoms with van der Waals surface area (Å²) < 4.78 is 4.67. The number of carboxylic acids is 1. The van der Waals surface area contributed by atoms with Crippen LogP contribution in [0.1, 0.15) is 19.8 Å². The summed E-state index contributed by atoms with van der Waals surface area (Å²) in [5, 5.41) is 13.6. The van der Waals surface area contributed by atoms with Gasteiger partial charge in [0.05, 0.1) is 6.61 Å². The summed E-state index contributed by atoms with van der Waals surface area (Å²) >= 11 is 0. The lowest BCUT2D eigenvalue weighted by atomic mass is 10.3. The molecule has 0 saturated heterocycles. The smallest absolute Gasteiger partial charge is 0.328 e. The predicted molar refractivity (Wildman–Crippen MR) is 54.7 cm³/mol. The number of amides is 2. The van der Waals surface area contributed by atoms with Crippen molar-refractivity contribution in [3.05, 3.63) is 0 Å². The van der Waals surface area contributed by atoms with Crippen molar-refractivity contribution < 1.29 is 19.4 Å². The van der Waals surface area contributed by atoms with Crippen molar-refractivity contribution in [3.8, 4) is 0 Å². The highest BCUT2D eigenvalue weighted by molar-refractivity contribution is 5.82. The summed E-state index contributed by atoms with van der Waals surface area (Å²) in [4.78, 5) is 21.8. The molecule has 0 aromatic rings. The molecule has 6 nitrogen and oxygen atoms in total. The highest BCUT2D eigenvalue weighted by Crippen LogP contribution is 1.87. The third-order valence-electron chi connectivity index (χ3n) is 1.75. The van der Waals surface area contributed by atoms with Crippen LogP contribution in [0.4, 0.5) is 4.79 Å². The first-order chi connectivity index (χ1) is 7.11. The largest absolute Gasteiger partial charge is 0.480 e. The molecule has 0 fully saturated rings. The maximum Gasteiger partial charge on any atom is 0.328 e. The third-order valence-corrected chi connectivity index (χ3v) is 1.75. The SMILES string of the molecule is CCCCNC(=O)NC(COC)C(=O)O. The Bertz CT molecular complexity index is 208. The topological polar surface area (TPSA) is 87.7 Å². The van der Waals surface area contributed by atoms with E-state index in [0.717, 1.165) is 12.8 Å². The Morgan fingerprint density at radius 2 is 2.13 bits per heavy atom. The maximum absolute atomic E-state index is 11.2. The first-order valence-electron chi connectivity index (χ1n) is 4.88. The van der Waals surface area contributed by atoms with Crippen LogP contribution in [0.15, 0.2) is 0 Å². The van der Waals surface area contributed by atoms with E-state index in [1.165, 1.54) is 7.11 Å². The summed E-state index contributed by atoms with van der Waals surface area (Å²) in [5.74, 6) is -1.11. The van der Waals surface area contributed by atoms with Gasteiger partial charge < -0.3 is 20.5 Å². The van der Waals surface area contributed by atoms with Gasteiger partial charge in [-0.25, -0.2) is 9.59 Å². The molecule has 0 aliphatic rings. The van der Waals surface area contributed by atoms with E-state index in [-0.39, 0.29) is 6.61 Å². The van der Waals surface area contributed by atoms with Crippen molar-refractivity contribution in [1.82, 2.24) is 10.6 Å². The van der Waals surface area contributed by atoms with Gasteiger partial charge in [-0.15, -0.1) is 0 Å². The Balaban J connectivity index is 3.84. The molecular formula is C9H18N2O4. The standard InChI is InChI=1S/C9H18N2O4/c1-3-4-5-10-9(14)11-7(6-15-2)8(12)13/h7H,3-6H2,1-2H3,(H,12,13)(H2,10,11,14). The number of urea groups is 1. The zero-order valence-corrected chi connectivity index (χ0v) is 9.08. The van der Waals surface area contributed by atoms with Crippen molar-refractivity contribution in [3.63, 3.8) is 0 Å². The Hall–Kier alpha value is -1.30. The Morgan fingerprint density at radius 1 is 1.47 bits per heavy atom. The van der Waals surface area contributed by atoms with E-state index in [2.05, 4.69) is 15.4 Å². The quantitative estimate of drug-likeness (QED) is 0.532. The zero-order chi connectivity index (χ0) is 11.7. The predicted octanol–water partition coefficient (Wildman–Crippen LogP) is 0.185. The van der Waals surface area contributed by atoms with E-state index in [0.29, 0.717) is 6.54 Å². The molecule has 0 aliphatic heterocycles. The second-order valence-electron chi connectivity index (χ2n) is 3.10. The van der Waals surface area contributed by atoms with Crippen LogP contribution in [0.5, 0.6) is 0 Å². The number of methoxy groups -OCH3 is 1. The number of hydrogen-bond acceptors (Lipinski definition) is 3. The van der Waals surface area contributed by atoms with Crippen molar-refractivity contribution in [2.24, 2.45) is 0 Å². The van der Waals surface area contributed by atoms with Gasteiger partial charge in [-0.05, 0) is 6.42 Å². The van der Waals surface area contributed by atoms with Crippen LogP contribution in [-0.4, -0.2) is 43.4 Å². The highest BCUT2D eigenvalue weighted by atomic mass is 16.5. The third kappa shape index (κ3) is 6.73. The number of aliphatic carboxylic acids is 1. The summed E-state index contributed by atoms with van der Waals surface area (Å²) in [6.45, 7) is 2.50. The molecule has 3 N–H and O–H groups in total. The van der Waals surface area contributed by atoms with Crippen LogP contribution in [-0.2, 0) is 9.53 Å². The van der Waals surface area contributed by atoms with Crippen LogP contribution in [0.3, 0.4) is 0 Å². The van der Waals surface area contributed by atoms with E-state index < -0.39 is 18.0 Å². The Labute approximate surface area is 89.0 Å². The second-order valence-corrected chi connectivity index (χ2v) is 3.10. The minimum atomic E-state index is -1.11. The average Bonchev–Trinajstić information content (AvgIpc) is 2.17. The van der Waals surface area contributed by atoms with Gasteiger partial charge in [0.15, 0.2) is 6.04 Å². The molecule has 1 unspecified atom stereocenters. The Kier molecular flexibility index (Phi) is 7.35. The number of rotatable bonds is 7. The molecule has 0 rings (SSSR count). The van der Waals surface area contributed by atoms with Gasteiger partial charge in [0.25, 0.3) is 0 Å². The molecule has 2 amide bonds. The summed E-state index contributed by atoms with van der Waals surface area (Å²) in [7, 11) is 1.38. The summed E-state index contributed by atoms with van der Waals surface area (Å²) in [5.41, 5.74) is 0. The number of hydrogen-bond donors (Lipinski definition) is 3. The minimum absolute atomic E-state index is 0.0451. The average molecular weight is 218 g/mol.